The fourth-order valence-corrected chi connectivity index (χ4v) is 2.09. The Morgan fingerprint density at radius 1 is 0.778 bits per heavy atom. The van der Waals surface area contributed by atoms with E-state index in [1.54, 1.807) is 0 Å². The molecule has 1 atom stereocenters. The Labute approximate surface area is 115 Å². The Morgan fingerprint density at radius 3 is 1.56 bits per heavy atom. The van der Waals surface area contributed by atoms with Crippen molar-refractivity contribution in [2.45, 2.75) is 33.1 Å². The monoisotopic (exact) mass is 257 g/mol. The van der Waals surface area contributed by atoms with Crippen LogP contribution >= 0.6 is 0 Å². The van der Waals surface area contributed by atoms with Crippen molar-refractivity contribution in [1.29, 1.82) is 0 Å². The van der Waals surface area contributed by atoms with E-state index in [1.807, 2.05) is 0 Å². The van der Waals surface area contributed by atoms with Gasteiger partial charge in [0.1, 0.15) is 0 Å². The molecule has 3 nitrogen and oxygen atoms in total. The third-order valence-electron chi connectivity index (χ3n) is 3.43. The predicted molar refractivity (Wildman–Crippen MR) is 82.2 cm³/mol. The number of hydrogen-bond acceptors (Lipinski definition) is 3. The predicted octanol–water partition coefficient (Wildman–Crippen LogP) is 2.24. The van der Waals surface area contributed by atoms with E-state index in [-0.39, 0.29) is 0 Å². The molecule has 18 heavy (non-hydrogen) atoms. The summed E-state index contributed by atoms with van der Waals surface area (Å²) in [6.45, 7) is 10.8. The molecular formula is C15H35N3. The van der Waals surface area contributed by atoms with Crippen molar-refractivity contribution >= 4 is 0 Å². The third-order valence-corrected chi connectivity index (χ3v) is 3.43. The maximum atomic E-state index is 2.65. The Bertz CT molecular complexity index is 167. The lowest BCUT2D eigenvalue weighted by Crippen LogP contribution is -2.33. The molecule has 0 heterocycles. The zero-order chi connectivity index (χ0) is 14.0. The van der Waals surface area contributed by atoms with Crippen molar-refractivity contribution in [2.24, 2.45) is 5.92 Å². The fourth-order valence-electron chi connectivity index (χ4n) is 2.09. The standard InChI is InChI=1S/C15H35N3/c1-7-15(2)14-18(12-8-10-16(3)4)13-9-11-17(5)6/h15H,7-14H2,1-6H3. The van der Waals surface area contributed by atoms with Crippen molar-refractivity contribution < 1.29 is 0 Å². The van der Waals surface area contributed by atoms with Gasteiger partial charge in [-0.25, -0.2) is 0 Å². The molecule has 110 valence electrons. The van der Waals surface area contributed by atoms with E-state index >= 15 is 0 Å². The molecule has 0 aliphatic heterocycles. The Kier molecular flexibility index (Phi) is 10.7. The molecule has 0 saturated carbocycles. The van der Waals surface area contributed by atoms with E-state index in [9.17, 15) is 0 Å². The molecule has 0 N–H and O–H groups in total. The second-order valence-corrected chi connectivity index (χ2v) is 6.13. The highest BCUT2D eigenvalue weighted by Crippen LogP contribution is 2.06. The number of rotatable bonds is 11. The number of hydrogen-bond donors (Lipinski definition) is 0. The highest BCUT2D eigenvalue weighted by Gasteiger charge is 2.09. The first-order chi connectivity index (χ1) is 8.45. The molecule has 0 radical (unpaired) electrons. The molecule has 0 fully saturated rings. The van der Waals surface area contributed by atoms with Gasteiger partial charge in [-0.1, -0.05) is 20.3 Å². The van der Waals surface area contributed by atoms with E-state index in [2.05, 4.69) is 56.7 Å². The zero-order valence-electron chi connectivity index (χ0n) is 13.6. The highest BCUT2D eigenvalue weighted by atomic mass is 15.1. The van der Waals surface area contributed by atoms with Gasteiger partial charge < -0.3 is 14.7 Å². The van der Waals surface area contributed by atoms with Gasteiger partial charge in [0.15, 0.2) is 0 Å². The smallest absolute Gasteiger partial charge is 0.000693 e. The van der Waals surface area contributed by atoms with Crippen LogP contribution < -0.4 is 0 Å². The first kappa shape index (κ1) is 17.9. The molecule has 0 aliphatic carbocycles. The summed E-state index contributed by atoms with van der Waals surface area (Å²) in [6, 6.07) is 0. The maximum Gasteiger partial charge on any atom is 0.000693 e. The van der Waals surface area contributed by atoms with Crippen LogP contribution in [0, 0.1) is 5.92 Å². The van der Waals surface area contributed by atoms with Crippen molar-refractivity contribution in [1.82, 2.24) is 14.7 Å². The molecular weight excluding hydrogens is 222 g/mol. The lowest BCUT2D eigenvalue weighted by molar-refractivity contribution is 0.212. The molecule has 3 heteroatoms. The molecule has 0 rings (SSSR count). The molecule has 0 aromatic carbocycles. The summed E-state index contributed by atoms with van der Waals surface area (Å²) in [6.07, 6.45) is 3.86. The van der Waals surface area contributed by atoms with Gasteiger partial charge in [-0.15, -0.1) is 0 Å². The van der Waals surface area contributed by atoms with Crippen LogP contribution in [0.2, 0.25) is 0 Å². The third kappa shape index (κ3) is 11.0. The molecule has 0 aliphatic rings. The fraction of sp³-hybridized carbons (Fsp3) is 1.00. The summed E-state index contributed by atoms with van der Waals surface area (Å²) >= 11 is 0. The average molecular weight is 257 g/mol. The van der Waals surface area contributed by atoms with Crippen LogP contribution in [-0.2, 0) is 0 Å². The molecule has 0 aromatic rings. The minimum absolute atomic E-state index is 0.823. The second kappa shape index (κ2) is 10.8. The van der Waals surface area contributed by atoms with Crippen LogP contribution in [-0.4, -0.2) is 75.6 Å². The van der Waals surface area contributed by atoms with Gasteiger partial charge in [0.25, 0.3) is 0 Å². The molecule has 0 saturated heterocycles. The molecule has 0 amide bonds. The highest BCUT2D eigenvalue weighted by molar-refractivity contribution is 4.64. The summed E-state index contributed by atoms with van der Waals surface area (Å²) in [7, 11) is 8.63. The first-order valence-corrected chi connectivity index (χ1v) is 7.47. The minimum Gasteiger partial charge on any atom is -0.309 e. The summed E-state index contributed by atoms with van der Waals surface area (Å²) in [5.41, 5.74) is 0. The average Bonchev–Trinajstić information content (AvgIpc) is 2.27. The van der Waals surface area contributed by atoms with Crippen molar-refractivity contribution in [3.05, 3.63) is 0 Å². The van der Waals surface area contributed by atoms with Gasteiger partial charge in [0.05, 0.1) is 0 Å². The largest absolute Gasteiger partial charge is 0.309 e. The summed E-state index contributed by atoms with van der Waals surface area (Å²) < 4.78 is 0. The van der Waals surface area contributed by atoms with E-state index < -0.39 is 0 Å². The van der Waals surface area contributed by atoms with Gasteiger partial charge in [-0.2, -0.15) is 0 Å². The van der Waals surface area contributed by atoms with Crippen LogP contribution in [0.5, 0.6) is 0 Å². The van der Waals surface area contributed by atoms with Crippen molar-refractivity contribution in [3.63, 3.8) is 0 Å². The molecule has 0 bridgehead atoms. The minimum atomic E-state index is 0.823. The zero-order valence-corrected chi connectivity index (χ0v) is 13.6. The Morgan fingerprint density at radius 2 is 1.22 bits per heavy atom. The van der Waals surface area contributed by atoms with Crippen molar-refractivity contribution in [2.75, 3.05) is 60.9 Å². The summed E-state index contributed by atoms with van der Waals surface area (Å²) in [5.74, 6) is 0.823. The number of nitrogens with zero attached hydrogens (tertiary/aromatic N) is 3. The topological polar surface area (TPSA) is 9.72 Å². The summed E-state index contributed by atoms with van der Waals surface area (Å²) in [4.78, 5) is 7.21. The van der Waals surface area contributed by atoms with E-state index in [0.717, 1.165) is 5.92 Å². The van der Waals surface area contributed by atoms with Crippen LogP contribution in [0.25, 0.3) is 0 Å². The van der Waals surface area contributed by atoms with Crippen LogP contribution in [0.4, 0.5) is 0 Å². The van der Waals surface area contributed by atoms with Gasteiger partial charge in [0.2, 0.25) is 0 Å². The van der Waals surface area contributed by atoms with Gasteiger partial charge in [-0.3, -0.25) is 0 Å². The maximum absolute atomic E-state index is 2.65. The van der Waals surface area contributed by atoms with Gasteiger partial charge >= 0.3 is 0 Å². The Balaban J connectivity index is 3.91. The lowest BCUT2D eigenvalue weighted by Gasteiger charge is -2.26. The Hall–Kier alpha value is -0.120. The van der Waals surface area contributed by atoms with Gasteiger partial charge in [-0.05, 0) is 73.1 Å². The normalized spacial score (nSPS) is 13.8. The molecule has 0 spiro atoms. The van der Waals surface area contributed by atoms with Crippen molar-refractivity contribution in [3.8, 4) is 0 Å². The first-order valence-electron chi connectivity index (χ1n) is 7.47. The van der Waals surface area contributed by atoms with E-state index in [0.29, 0.717) is 0 Å². The quantitative estimate of drug-likeness (QED) is 0.562. The summed E-state index contributed by atoms with van der Waals surface area (Å²) in [5, 5.41) is 0. The van der Waals surface area contributed by atoms with Crippen LogP contribution in [0.3, 0.4) is 0 Å². The van der Waals surface area contributed by atoms with Crippen LogP contribution in [0.15, 0.2) is 0 Å². The molecule has 1 unspecified atom stereocenters. The SMILES string of the molecule is CCC(C)CN(CCCN(C)C)CCCN(C)C. The van der Waals surface area contributed by atoms with Crippen LogP contribution in [0.1, 0.15) is 33.1 Å². The molecule has 0 aromatic heterocycles. The van der Waals surface area contributed by atoms with E-state index in [1.165, 1.54) is 52.0 Å². The van der Waals surface area contributed by atoms with E-state index in [4.69, 9.17) is 0 Å². The second-order valence-electron chi connectivity index (χ2n) is 6.13. The van der Waals surface area contributed by atoms with Gasteiger partial charge in [0, 0.05) is 6.54 Å². The lowest BCUT2D eigenvalue weighted by atomic mass is 10.1.